The zero-order chi connectivity index (χ0) is 15.1. The Kier molecular flexibility index (Phi) is 6.99. The van der Waals surface area contributed by atoms with Crippen LogP contribution in [0.2, 0.25) is 0 Å². The summed E-state index contributed by atoms with van der Waals surface area (Å²) < 4.78 is 10.6. The molecule has 1 N–H and O–H groups in total. The van der Waals surface area contributed by atoms with Crippen molar-refractivity contribution in [2.75, 3.05) is 13.2 Å². The molecule has 1 rings (SSSR count). The SMILES string of the molecule is CC(C)C[C@H](C)OC(=O)[C@H](C)NC(=O)C1CCOCC1. The Hall–Kier alpha value is -1.10. The van der Waals surface area contributed by atoms with Gasteiger partial charge in [0.25, 0.3) is 0 Å². The molecule has 5 heteroatoms. The molecule has 0 spiro atoms. The summed E-state index contributed by atoms with van der Waals surface area (Å²) in [5.41, 5.74) is 0. The summed E-state index contributed by atoms with van der Waals surface area (Å²) in [5, 5.41) is 2.74. The minimum Gasteiger partial charge on any atom is -0.461 e. The normalized spacial score (nSPS) is 19.4. The Bertz CT molecular complexity index is 324. The highest BCUT2D eigenvalue weighted by atomic mass is 16.5. The van der Waals surface area contributed by atoms with Crippen molar-refractivity contribution < 1.29 is 19.1 Å². The highest BCUT2D eigenvalue weighted by Crippen LogP contribution is 2.15. The van der Waals surface area contributed by atoms with Gasteiger partial charge in [0.05, 0.1) is 6.10 Å². The second-order valence-electron chi connectivity index (χ2n) is 5.99. The third-order valence-electron chi connectivity index (χ3n) is 3.43. The summed E-state index contributed by atoms with van der Waals surface area (Å²) in [5.74, 6) is -0.00940. The Morgan fingerprint density at radius 3 is 2.35 bits per heavy atom. The Balaban J connectivity index is 2.34. The maximum Gasteiger partial charge on any atom is 0.328 e. The van der Waals surface area contributed by atoms with Gasteiger partial charge in [0.15, 0.2) is 0 Å². The first-order valence-electron chi connectivity index (χ1n) is 7.48. The second-order valence-corrected chi connectivity index (χ2v) is 5.99. The molecule has 2 atom stereocenters. The van der Waals surface area contributed by atoms with Crippen molar-refractivity contribution >= 4 is 11.9 Å². The lowest BCUT2D eigenvalue weighted by Crippen LogP contribution is -2.44. The second kappa shape index (κ2) is 8.25. The number of esters is 1. The molecule has 0 aromatic heterocycles. The molecule has 0 bridgehead atoms. The Morgan fingerprint density at radius 1 is 1.20 bits per heavy atom. The van der Waals surface area contributed by atoms with E-state index in [1.807, 2.05) is 6.92 Å². The van der Waals surface area contributed by atoms with E-state index in [1.165, 1.54) is 0 Å². The number of nitrogens with one attached hydrogen (secondary N) is 1. The highest BCUT2D eigenvalue weighted by Gasteiger charge is 2.26. The van der Waals surface area contributed by atoms with Crippen molar-refractivity contribution in [3.63, 3.8) is 0 Å². The molecule has 1 saturated heterocycles. The molecule has 0 aromatic carbocycles. The van der Waals surface area contributed by atoms with Gasteiger partial charge < -0.3 is 14.8 Å². The number of hydrogen-bond donors (Lipinski definition) is 1. The van der Waals surface area contributed by atoms with Gasteiger partial charge in [0.2, 0.25) is 5.91 Å². The molecule has 0 radical (unpaired) electrons. The molecule has 1 aliphatic rings. The van der Waals surface area contributed by atoms with E-state index < -0.39 is 6.04 Å². The van der Waals surface area contributed by atoms with Crippen LogP contribution >= 0.6 is 0 Å². The first-order chi connectivity index (χ1) is 9.40. The summed E-state index contributed by atoms with van der Waals surface area (Å²) in [6.45, 7) is 8.94. The third kappa shape index (κ3) is 5.90. The minimum atomic E-state index is -0.597. The van der Waals surface area contributed by atoms with Crippen LogP contribution in [0.1, 0.15) is 47.0 Å². The fourth-order valence-electron chi connectivity index (χ4n) is 2.36. The van der Waals surface area contributed by atoms with Gasteiger partial charge in [-0.2, -0.15) is 0 Å². The van der Waals surface area contributed by atoms with E-state index in [0.29, 0.717) is 19.1 Å². The molecular formula is C15H27NO4. The monoisotopic (exact) mass is 285 g/mol. The molecule has 20 heavy (non-hydrogen) atoms. The molecule has 0 saturated carbocycles. The summed E-state index contributed by atoms with van der Waals surface area (Å²) in [4.78, 5) is 23.9. The molecule has 0 aromatic rings. The number of carbonyl (C=O) groups is 2. The smallest absolute Gasteiger partial charge is 0.328 e. The number of carbonyl (C=O) groups excluding carboxylic acids is 2. The highest BCUT2D eigenvalue weighted by molar-refractivity contribution is 5.85. The molecule has 1 fully saturated rings. The van der Waals surface area contributed by atoms with Gasteiger partial charge in [-0.3, -0.25) is 4.79 Å². The van der Waals surface area contributed by atoms with E-state index in [1.54, 1.807) is 6.92 Å². The summed E-state index contributed by atoms with van der Waals surface area (Å²) in [7, 11) is 0. The van der Waals surface area contributed by atoms with Crippen molar-refractivity contribution in [2.45, 2.75) is 59.1 Å². The fraction of sp³-hybridized carbons (Fsp3) is 0.867. The zero-order valence-corrected chi connectivity index (χ0v) is 13.0. The summed E-state index contributed by atoms with van der Waals surface area (Å²) >= 11 is 0. The fourth-order valence-corrected chi connectivity index (χ4v) is 2.36. The van der Waals surface area contributed by atoms with Crippen molar-refractivity contribution in [2.24, 2.45) is 11.8 Å². The third-order valence-corrected chi connectivity index (χ3v) is 3.43. The molecule has 0 unspecified atom stereocenters. The van der Waals surface area contributed by atoms with Gasteiger partial charge in [-0.25, -0.2) is 4.79 Å². The largest absolute Gasteiger partial charge is 0.461 e. The summed E-state index contributed by atoms with van der Waals surface area (Å²) in [6.07, 6.45) is 2.14. The predicted molar refractivity (Wildman–Crippen MR) is 76.2 cm³/mol. The van der Waals surface area contributed by atoms with Gasteiger partial charge in [0, 0.05) is 19.1 Å². The van der Waals surface area contributed by atoms with Crippen LogP contribution < -0.4 is 5.32 Å². The molecule has 1 heterocycles. The van der Waals surface area contributed by atoms with Gasteiger partial charge in [0.1, 0.15) is 6.04 Å². The predicted octanol–water partition coefficient (Wildman–Crippen LogP) is 1.90. The van der Waals surface area contributed by atoms with Crippen LogP contribution in [0.4, 0.5) is 0 Å². The average Bonchev–Trinajstić information content (AvgIpc) is 2.38. The van der Waals surface area contributed by atoms with Crippen LogP contribution in [0.15, 0.2) is 0 Å². The molecule has 5 nitrogen and oxygen atoms in total. The minimum absolute atomic E-state index is 0.0490. The topological polar surface area (TPSA) is 64.6 Å². The van der Waals surface area contributed by atoms with E-state index in [0.717, 1.165) is 19.3 Å². The van der Waals surface area contributed by atoms with Crippen LogP contribution in [-0.4, -0.2) is 37.2 Å². The van der Waals surface area contributed by atoms with Crippen molar-refractivity contribution in [3.8, 4) is 0 Å². The van der Waals surface area contributed by atoms with E-state index in [9.17, 15) is 9.59 Å². The molecule has 1 amide bonds. The maximum atomic E-state index is 12.0. The maximum absolute atomic E-state index is 12.0. The number of amides is 1. The molecule has 1 aliphatic heterocycles. The zero-order valence-electron chi connectivity index (χ0n) is 13.0. The van der Waals surface area contributed by atoms with E-state index in [4.69, 9.17) is 9.47 Å². The first kappa shape index (κ1) is 17.0. The number of hydrogen-bond acceptors (Lipinski definition) is 4. The molecule has 116 valence electrons. The van der Waals surface area contributed by atoms with Crippen LogP contribution in [-0.2, 0) is 19.1 Å². The summed E-state index contributed by atoms with van der Waals surface area (Å²) in [6, 6.07) is -0.597. The van der Waals surface area contributed by atoms with Crippen molar-refractivity contribution in [3.05, 3.63) is 0 Å². The van der Waals surface area contributed by atoms with Crippen LogP contribution in [0.25, 0.3) is 0 Å². The first-order valence-corrected chi connectivity index (χ1v) is 7.48. The van der Waals surface area contributed by atoms with E-state index >= 15 is 0 Å². The number of rotatable bonds is 6. The Morgan fingerprint density at radius 2 is 1.80 bits per heavy atom. The van der Waals surface area contributed by atoms with Gasteiger partial charge in [-0.1, -0.05) is 13.8 Å². The van der Waals surface area contributed by atoms with Crippen LogP contribution in [0.3, 0.4) is 0 Å². The van der Waals surface area contributed by atoms with Crippen LogP contribution in [0.5, 0.6) is 0 Å². The lowest BCUT2D eigenvalue weighted by Gasteiger charge is -2.24. The Labute approximate surface area is 121 Å². The number of ether oxygens (including phenoxy) is 2. The van der Waals surface area contributed by atoms with E-state index in [2.05, 4.69) is 19.2 Å². The van der Waals surface area contributed by atoms with Gasteiger partial charge >= 0.3 is 5.97 Å². The van der Waals surface area contributed by atoms with E-state index in [-0.39, 0.29) is 23.9 Å². The quantitative estimate of drug-likeness (QED) is 0.757. The average molecular weight is 285 g/mol. The molecular weight excluding hydrogens is 258 g/mol. The lowest BCUT2D eigenvalue weighted by molar-refractivity contribution is -0.152. The van der Waals surface area contributed by atoms with Crippen molar-refractivity contribution in [1.82, 2.24) is 5.32 Å². The van der Waals surface area contributed by atoms with Gasteiger partial charge in [-0.15, -0.1) is 0 Å². The standard InChI is InChI=1S/C15H27NO4/c1-10(2)9-11(3)20-15(18)12(4)16-14(17)13-5-7-19-8-6-13/h10-13H,5-9H2,1-4H3,(H,16,17)/t11-,12-/m0/s1. The lowest BCUT2D eigenvalue weighted by atomic mass is 9.99. The van der Waals surface area contributed by atoms with Gasteiger partial charge in [-0.05, 0) is 39.0 Å². The van der Waals surface area contributed by atoms with Crippen molar-refractivity contribution in [1.29, 1.82) is 0 Å². The van der Waals surface area contributed by atoms with Crippen LogP contribution in [0, 0.1) is 11.8 Å². The molecule has 0 aliphatic carbocycles.